The highest BCUT2D eigenvalue weighted by Gasteiger charge is 2.20. The molecule has 0 saturated heterocycles. The molecular formula is C28H18N4O2. The molecule has 0 radical (unpaired) electrons. The number of hydrogen-bond acceptors (Lipinski definition) is 5. The zero-order valence-electron chi connectivity index (χ0n) is 18.0. The first-order valence-corrected chi connectivity index (χ1v) is 10.8. The normalized spacial score (nSPS) is 11.2. The van der Waals surface area contributed by atoms with Crippen LogP contribution in [0.3, 0.4) is 0 Å². The molecule has 0 amide bonds. The molecule has 1 N–H and O–H groups in total. The van der Waals surface area contributed by atoms with Gasteiger partial charge in [0.05, 0.1) is 11.1 Å². The van der Waals surface area contributed by atoms with Crippen molar-refractivity contribution < 1.29 is 9.90 Å². The van der Waals surface area contributed by atoms with Crippen LogP contribution in [0.4, 0.5) is 0 Å². The van der Waals surface area contributed by atoms with E-state index in [4.69, 9.17) is 10.1 Å². The van der Waals surface area contributed by atoms with Crippen molar-refractivity contribution in [1.82, 2.24) is 19.7 Å². The van der Waals surface area contributed by atoms with Crippen LogP contribution in [0.2, 0.25) is 0 Å². The van der Waals surface area contributed by atoms with Crippen molar-refractivity contribution in [3.05, 3.63) is 103 Å². The fourth-order valence-electron chi connectivity index (χ4n) is 4.29. The Labute approximate surface area is 194 Å². The van der Waals surface area contributed by atoms with Crippen molar-refractivity contribution in [2.45, 2.75) is 0 Å². The van der Waals surface area contributed by atoms with Gasteiger partial charge in [0.25, 0.3) is 0 Å². The number of pyridine rings is 2. The van der Waals surface area contributed by atoms with Crippen molar-refractivity contribution in [2.75, 3.05) is 0 Å². The van der Waals surface area contributed by atoms with Crippen molar-refractivity contribution >= 4 is 28.1 Å². The number of hydrogen-bond donors (Lipinski definition) is 1. The largest absolute Gasteiger partial charge is 0.507 e. The van der Waals surface area contributed by atoms with Gasteiger partial charge in [-0.05, 0) is 40.6 Å². The Bertz CT molecular complexity index is 1690. The second-order valence-corrected chi connectivity index (χ2v) is 7.95. The van der Waals surface area contributed by atoms with Gasteiger partial charge in [-0.15, -0.1) is 0 Å². The predicted molar refractivity (Wildman–Crippen MR) is 132 cm³/mol. The summed E-state index contributed by atoms with van der Waals surface area (Å²) in [5, 5.41) is 18.2. The van der Waals surface area contributed by atoms with Gasteiger partial charge in [-0.2, -0.15) is 5.10 Å². The van der Waals surface area contributed by atoms with E-state index in [1.807, 2.05) is 78.9 Å². The molecule has 0 fully saturated rings. The SMILES string of the molecule is O=Cc1cn(-c2nc3ncccc3cc2-c2ccccc2)nc1-c1c(O)ccc2ccccc12. The molecule has 6 heteroatoms. The number of rotatable bonds is 4. The molecule has 0 aliphatic heterocycles. The number of phenolic OH excluding ortho intramolecular Hbond substituents is 1. The van der Waals surface area contributed by atoms with Crippen LogP contribution >= 0.6 is 0 Å². The van der Waals surface area contributed by atoms with Gasteiger partial charge >= 0.3 is 0 Å². The fraction of sp³-hybridized carbons (Fsp3) is 0. The van der Waals surface area contributed by atoms with Crippen LogP contribution < -0.4 is 0 Å². The summed E-state index contributed by atoms with van der Waals surface area (Å²) in [7, 11) is 0. The summed E-state index contributed by atoms with van der Waals surface area (Å²) in [5.41, 5.74) is 3.66. The smallest absolute Gasteiger partial charge is 0.163 e. The van der Waals surface area contributed by atoms with Gasteiger partial charge < -0.3 is 5.11 Å². The third-order valence-electron chi connectivity index (χ3n) is 5.88. The van der Waals surface area contributed by atoms with Crippen LogP contribution in [0.25, 0.3) is 50.0 Å². The van der Waals surface area contributed by atoms with Crippen molar-refractivity contribution in [3.63, 3.8) is 0 Å². The maximum atomic E-state index is 12.1. The number of aromatic nitrogens is 4. The molecule has 0 atom stereocenters. The van der Waals surface area contributed by atoms with Gasteiger partial charge in [0.15, 0.2) is 17.8 Å². The third kappa shape index (κ3) is 3.20. The minimum Gasteiger partial charge on any atom is -0.507 e. The van der Waals surface area contributed by atoms with Gasteiger partial charge in [0, 0.05) is 23.3 Å². The molecule has 0 aliphatic rings. The molecule has 162 valence electrons. The second-order valence-electron chi connectivity index (χ2n) is 7.95. The van der Waals surface area contributed by atoms with Crippen LogP contribution in [0.1, 0.15) is 10.4 Å². The first kappa shape index (κ1) is 19.8. The monoisotopic (exact) mass is 442 g/mol. The van der Waals surface area contributed by atoms with E-state index >= 15 is 0 Å². The summed E-state index contributed by atoms with van der Waals surface area (Å²) in [5.74, 6) is 0.606. The van der Waals surface area contributed by atoms with E-state index in [1.165, 1.54) is 0 Å². The average molecular weight is 442 g/mol. The lowest BCUT2D eigenvalue weighted by atomic mass is 9.99. The van der Waals surface area contributed by atoms with Crippen LogP contribution in [0.5, 0.6) is 5.75 Å². The fourth-order valence-corrected chi connectivity index (χ4v) is 4.29. The van der Waals surface area contributed by atoms with Crippen LogP contribution in [0.15, 0.2) is 97.3 Å². The highest BCUT2D eigenvalue weighted by atomic mass is 16.3. The van der Waals surface area contributed by atoms with Gasteiger partial charge in [-0.25, -0.2) is 14.6 Å². The van der Waals surface area contributed by atoms with Crippen LogP contribution in [0, 0.1) is 0 Å². The van der Waals surface area contributed by atoms with E-state index in [0.29, 0.717) is 28.3 Å². The molecule has 6 rings (SSSR count). The first-order chi connectivity index (χ1) is 16.7. The highest BCUT2D eigenvalue weighted by Crippen LogP contribution is 2.38. The standard InChI is InChI=1S/C28H18N4O2/c33-17-21-16-32(31-26(21)25-22-11-5-4-9-19(22)12-13-24(25)34)28-23(18-7-2-1-3-8-18)15-20-10-6-14-29-27(20)30-28/h1-17,34H. The quantitative estimate of drug-likeness (QED) is 0.348. The maximum Gasteiger partial charge on any atom is 0.163 e. The Hall–Kier alpha value is -4.84. The molecule has 6 aromatic rings. The van der Waals surface area contributed by atoms with E-state index in [2.05, 4.69) is 4.98 Å². The number of aldehydes is 1. The number of nitrogens with zero attached hydrogens (tertiary/aromatic N) is 4. The molecule has 34 heavy (non-hydrogen) atoms. The minimum atomic E-state index is 0.0588. The Morgan fingerprint density at radius 3 is 2.50 bits per heavy atom. The molecule has 3 aromatic heterocycles. The molecule has 6 nitrogen and oxygen atoms in total. The molecule has 0 unspecified atom stereocenters. The number of fused-ring (bicyclic) bond motifs is 2. The molecule has 0 saturated carbocycles. The molecule has 0 spiro atoms. The number of phenols is 1. The molecule has 3 aromatic carbocycles. The average Bonchev–Trinajstić information content (AvgIpc) is 3.32. The maximum absolute atomic E-state index is 12.1. The lowest BCUT2D eigenvalue weighted by molar-refractivity contribution is 0.112. The number of benzene rings is 3. The van der Waals surface area contributed by atoms with E-state index in [1.54, 1.807) is 23.1 Å². The van der Waals surface area contributed by atoms with Crippen LogP contribution in [-0.4, -0.2) is 31.1 Å². The lowest BCUT2D eigenvalue weighted by Gasteiger charge is -2.11. The molecule has 0 bridgehead atoms. The lowest BCUT2D eigenvalue weighted by Crippen LogP contribution is -2.03. The molecular weight excluding hydrogens is 424 g/mol. The Morgan fingerprint density at radius 2 is 1.65 bits per heavy atom. The van der Waals surface area contributed by atoms with Gasteiger partial charge in [0.2, 0.25) is 0 Å². The zero-order chi connectivity index (χ0) is 23.1. The highest BCUT2D eigenvalue weighted by molar-refractivity contribution is 6.02. The Kier molecular flexibility index (Phi) is 4.63. The topological polar surface area (TPSA) is 80.9 Å². The zero-order valence-corrected chi connectivity index (χ0v) is 18.0. The molecule has 0 aliphatic carbocycles. The summed E-state index contributed by atoms with van der Waals surface area (Å²) in [6, 6.07) is 26.9. The van der Waals surface area contributed by atoms with E-state index in [0.717, 1.165) is 33.6 Å². The predicted octanol–water partition coefficient (Wildman–Crippen LogP) is 5.82. The summed E-state index contributed by atoms with van der Waals surface area (Å²) in [4.78, 5) is 21.3. The third-order valence-corrected chi connectivity index (χ3v) is 5.88. The van der Waals surface area contributed by atoms with E-state index in [9.17, 15) is 9.90 Å². The number of carbonyl (C=O) groups is 1. The van der Waals surface area contributed by atoms with Crippen molar-refractivity contribution in [2.24, 2.45) is 0 Å². The van der Waals surface area contributed by atoms with Gasteiger partial charge in [-0.1, -0.05) is 60.7 Å². The van der Waals surface area contributed by atoms with Crippen molar-refractivity contribution in [1.29, 1.82) is 0 Å². The number of carbonyl (C=O) groups excluding carboxylic acids is 1. The van der Waals surface area contributed by atoms with Gasteiger partial charge in [0.1, 0.15) is 11.4 Å². The van der Waals surface area contributed by atoms with E-state index < -0.39 is 0 Å². The summed E-state index contributed by atoms with van der Waals surface area (Å²) in [6.07, 6.45) is 4.09. The number of aromatic hydroxyl groups is 1. The summed E-state index contributed by atoms with van der Waals surface area (Å²) >= 11 is 0. The summed E-state index contributed by atoms with van der Waals surface area (Å²) in [6.45, 7) is 0. The summed E-state index contributed by atoms with van der Waals surface area (Å²) < 4.78 is 1.59. The minimum absolute atomic E-state index is 0.0588. The van der Waals surface area contributed by atoms with Crippen molar-refractivity contribution in [3.8, 4) is 34.0 Å². The Morgan fingerprint density at radius 1 is 0.853 bits per heavy atom. The first-order valence-electron chi connectivity index (χ1n) is 10.8. The molecule has 3 heterocycles. The Balaban J connectivity index is 1.63. The van der Waals surface area contributed by atoms with Gasteiger partial charge in [-0.3, -0.25) is 4.79 Å². The van der Waals surface area contributed by atoms with Crippen LogP contribution in [-0.2, 0) is 0 Å². The second kappa shape index (κ2) is 7.94. The van der Waals surface area contributed by atoms with E-state index in [-0.39, 0.29) is 5.75 Å².